The van der Waals surface area contributed by atoms with Crippen LogP contribution in [0.4, 0.5) is 0 Å². The van der Waals surface area contributed by atoms with E-state index < -0.39 is 0 Å². The second-order valence-electron chi connectivity index (χ2n) is 4.89. The first-order valence-corrected chi connectivity index (χ1v) is 6.81. The van der Waals surface area contributed by atoms with Crippen molar-refractivity contribution >= 4 is 5.91 Å². The van der Waals surface area contributed by atoms with Crippen LogP contribution >= 0.6 is 0 Å². The van der Waals surface area contributed by atoms with Crippen molar-refractivity contribution in [3.8, 4) is 17.1 Å². The van der Waals surface area contributed by atoms with E-state index in [9.17, 15) is 4.79 Å². The lowest BCUT2D eigenvalue weighted by molar-refractivity contribution is 0.0762. The van der Waals surface area contributed by atoms with E-state index in [1.54, 1.807) is 13.2 Å². The number of carbonyl (C=O) groups is 1. The summed E-state index contributed by atoms with van der Waals surface area (Å²) >= 11 is 0. The van der Waals surface area contributed by atoms with Gasteiger partial charge in [-0.15, -0.1) is 0 Å². The first kappa shape index (κ1) is 12.8. The lowest BCUT2D eigenvalue weighted by Crippen LogP contribution is -2.27. The average Bonchev–Trinajstić information content (AvgIpc) is 3.18. The van der Waals surface area contributed by atoms with Crippen molar-refractivity contribution in [1.82, 2.24) is 4.90 Å². The molecule has 20 heavy (non-hydrogen) atoms. The zero-order valence-corrected chi connectivity index (χ0v) is 11.5. The molecule has 4 heteroatoms. The fourth-order valence-corrected chi connectivity index (χ4v) is 2.44. The number of hydrogen-bond donors (Lipinski definition) is 0. The molecule has 0 bridgehead atoms. The van der Waals surface area contributed by atoms with Crippen molar-refractivity contribution in [2.75, 3.05) is 20.2 Å². The molecular formula is C16H17NO3. The van der Waals surface area contributed by atoms with Crippen LogP contribution in [0.1, 0.15) is 23.4 Å². The number of furan rings is 1. The smallest absolute Gasteiger partial charge is 0.289 e. The number of amides is 1. The van der Waals surface area contributed by atoms with Crippen LogP contribution in [-0.2, 0) is 0 Å². The number of rotatable bonds is 3. The standard InChI is InChI=1S/C16H17NO3/c1-19-13-6-4-12(5-7-13)14-8-9-15(20-14)16(18)17-10-2-3-11-17/h4-9H,2-3,10-11H2,1H3. The molecule has 0 saturated carbocycles. The third kappa shape index (κ3) is 2.41. The van der Waals surface area contributed by atoms with Gasteiger partial charge in [-0.3, -0.25) is 4.79 Å². The molecule has 0 radical (unpaired) electrons. The molecule has 4 nitrogen and oxygen atoms in total. The van der Waals surface area contributed by atoms with E-state index in [2.05, 4.69) is 0 Å². The van der Waals surface area contributed by atoms with Gasteiger partial charge in [-0.05, 0) is 49.2 Å². The third-order valence-corrected chi connectivity index (χ3v) is 3.58. The van der Waals surface area contributed by atoms with Gasteiger partial charge in [0.15, 0.2) is 5.76 Å². The summed E-state index contributed by atoms with van der Waals surface area (Å²) in [6.07, 6.45) is 2.16. The summed E-state index contributed by atoms with van der Waals surface area (Å²) in [6, 6.07) is 11.2. The molecule has 1 saturated heterocycles. The molecule has 1 fully saturated rings. The Morgan fingerprint density at radius 2 is 1.80 bits per heavy atom. The first-order valence-electron chi connectivity index (χ1n) is 6.81. The van der Waals surface area contributed by atoms with E-state index >= 15 is 0 Å². The maximum atomic E-state index is 12.2. The minimum absolute atomic E-state index is 0.0118. The summed E-state index contributed by atoms with van der Waals surface area (Å²) in [6.45, 7) is 1.66. The summed E-state index contributed by atoms with van der Waals surface area (Å²) < 4.78 is 10.8. The monoisotopic (exact) mass is 271 g/mol. The van der Waals surface area contributed by atoms with E-state index in [0.29, 0.717) is 11.5 Å². The van der Waals surface area contributed by atoms with Crippen molar-refractivity contribution in [2.24, 2.45) is 0 Å². The van der Waals surface area contributed by atoms with Crippen molar-refractivity contribution in [2.45, 2.75) is 12.8 Å². The molecular weight excluding hydrogens is 254 g/mol. The molecule has 1 aromatic carbocycles. The number of carbonyl (C=O) groups excluding carboxylic acids is 1. The van der Waals surface area contributed by atoms with Crippen LogP contribution in [0, 0.1) is 0 Å². The normalized spacial score (nSPS) is 14.6. The number of benzene rings is 1. The molecule has 0 unspecified atom stereocenters. The van der Waals surface area contributed by atoms with Gasteiger partial charge < -0.3 is 14.1 Å². The highest BCUT2D eigenvalue weighted by molar-refractivity contribution is 5.92. The highest BCUT2D eigenvalue weighted by Crippen LogP contribution is 2.25. The lowest BCUT2D eigenvalue weighted by Gasteiger charge is -2.12. The average molecular weight is 271 g/mol. The minimum atomic E-state index is -0.0118. The summed E-state index contributed by atoms with van der Waals surface area (Å²) in [5.41, 5.74) is 0.936. The summed E-state index contributed by atoms with van der Waals surface area (Å²) in [7, 11) is 1.63. The van der Waals surface area contributed by atoms with Crippen molar-refractivity contribution in [3.63, 3.8) is 0 Å². The predicted molar refractivity (Wildman–Crippen MR) is 75.8 cm³/mol. The van der Waals surface area contributed by atoms with Gasteiger partial charge in [0.25, 0.3) is 5.91 Å². The molecule has 1 aromatic heterocycles. The van der Waals surface area contributed by atoms with Crippen LogP contribution in [0.3, 0.4) is 0 Å². The quantitative estimate of drug-likeness (QED) is 0.861. The second-order valence-corrected chi connectivity index (χ2v) is 4.89. The molecule has 2 heterocycles. The van der Waals surface area contributed by atoms with E-state index in [1.807, 2.05) is 35.2 Å². The summed E-state index contributed by atoms with van der Waals surface area (Å²) in [5.74, 6) is 1.91. The van der Waals surface area contributed by atoms with Crippen molar-refractivity contribution in [1.29, 1.82) is 0 Å². The van der Waals surface area contributed by atoms with Crippen LogP contribution in [0.2, 0.25) is 0 Å². The van der Waals surface area contributed by atoms with Gasteiger partial charge in [0.05, 0.1) is 7.11 Å². The Morgan fingerprint density at radius 3 is 2.45 bits per heavy atom. The maximum absolute atomic E-state index is 12.2. The van der Waals surface area contributed by atoms with E-state index in [-0.39, 0.29) is 5.91 Å². The molecule has 1 aliphatic rings. The molecule has 2 aromatic rings. The molecule has 0 spiro atoms. The highest BCUT2D eigenvalue weighted by Gasteiger charge is 2.22. The molecule has 0 aliphatic carbocycles. The van der Waals surface area contributed by atoms with Crippen LogP contribution in [0.25, 0.3) is 11.3 Å². The Kier molecular flexibility index (Phi) is 3.46. The summed E-state index contributed by atoms with van der Waals surface area (Å²) in [5, 5.41) is 0. The van der Waals surface area contributed by atoms with Gasteiger partial charge in [-0.25, -0.2) is 0 Å². The Hall–Kier alpha value is -2.23. The Balaban J connectivity index is 1.80. The van der Waals surface area contributed by atoms with Gasteiger partial charge >= 0.3 is 0 Å². The minimum Gasteiger partial charge on any atom is -0.497 e. The largest absolute Gasteiger partial charge is 0.497 e. The zero-order valence-electron chi connectivity index (χ0n) is 11.5. The molecule has 1 aliphatic heterocycles. The van der Waals surface area contributed by atoms with Gasteiger partial charge in [0.1, 0.15) is 11.5 Å². The molecule has 0 N–H and O–H groups in total. The highest BCUT2D eigenvalue weighted by atomic mass is 16.5. The van der Waals surface area contributed by atoms with Crippen LogP contribution < -0.4 is 4.74 Å². The lowest BCUT2D eigenvalue weighted by atomic mass is 10.2. The van der Waals surface area contributed by atoms with E-state index in [0.717, 1.165) is 37.2 Å². The maximum Gasteiger partial charge on any atom is 0.289 e. The van der Waals surface area contributed by atoms with Crippen LogP contribution in [0.5, 0.6) is 5.75 Å². The fourth-order valence-electron chi connectivity index (χ4n) is 2.44. The third-order valence-electron chi connectivity index (χ3n) is 3.58. The molecule has 104 valence electrons. The van der Waals surface area contributed by atoms with Gasteiger partial charge in [0, 0.05) is 18.7 Å². The first-order chi connectivity index (χ1) is 9.78. The molecule has 3 rings (SSSR count). The Morgan fingerprint density at radius 1 is 1.10 bits per heavy atom. The van der Waals surface area contributed by atoms with E-state index in [4.69, 9.17) is 9.15 Å². The number of likely N-dealkylation sites (tertiary alicyclic amines) is 1. The predicted octanol–water partition coefficient (Wildman–Crippen LogP) is 3.19. The fraction of sp³-hybridized carbons (Fsp3) is 0.312. The summed E-state index contributed by atoms with van der Waals surface area (Å²) in [4.78, 5) is 14.0. The number of hydrogen-bond acceptors (Lipinski definition) is 3. The number of nitrogens with zero attached hydrogens (tertiary/aromatic N) is 1. The van der Waals surface area contributed by atoms with Gasteiger partial charge in [0.2, 0.25) is 0 Å². The Bertz CT molecular complexity index is 594. The molecule has 1 amide bonds. The van der Waals surface area contributed by atoms with E-state index in [1.165, 1.54) is 0 Å². The van der Waals surface area contributed by atoms with Crippen LogP contribution in [-0.4, -0.2) is 31.0 Å². The van der Waals surface area contributed by atoms with Crippen molar-refractivity contribution < 1.29 is 13.9 Å². The van der Waals surface area contributed by atoms with Crippen LogP contribution in [0.15, 0.2) is 40.8 Å². The molecule has 0 atom stereocenters. The Labute approximate surface area is 118 Å². The number of methoxy groups -OCH3 is 1. The van der Waals surface area contributed by atoms with Gasteiger partial charge in [-0.2, -0.15) is 0 Å². The van der Waals surface area contributed by atoms with Gasteiger partial charge in [-0.1, -0.05) is 0 Å². The van der Waals surface area contributed by atoms with Crippen molar-refractivity contribution in [3.05, 3.63) is 42.2 Å². The SMILES string of the molecule is COc1ccc(-c2ccc(C(=O)N3CCCC3)o2)cc1. The zero-order chi connectivity index (χ0) is 13.9. The number of ether oxygens (including phenoxy) is 1. The second kappa shape index (κ2) is 5.41. The topological polar surface area (TPSA) is 42.7 Å².